The number of aromatic nitrogens is 2. The van der Waals surface area contributed by atoms with Crippen LogP contribution in [-0.2, 0) is 14.8 Å². The highest BCUT2D eigenvalue weighted by Gasteiger charge is 2.27. The van der Waals surface area contributed by atoms with Crippen molar-refractivity contribution in [2.24, 2.45) is 10.7 Å². The Labute approximate surface area is 147 Å². The average Bonchev–Trinajstić information content (AvgIpc) is 2.46. The quantitative estimate of drug-likeness (QED) is 0.640. The minimum absolute atomic E-state index is 0.0272. The van der Waals surface area contributed by atoms with Crippen LogP contribution in [0.5, 0.6) is 0 Å². The molecule has 10 nitrogen and oxygen atoms in total. The number of anilines is 1. The van der Waals surface area contributed by atoms with E-state index in [0.29, 0.717) is 19.6 Å². The average molecular weight is 395 g/mol. The van der Waals surface area contributed by atoms with Crippen LogP contribution in [-0.4, -0.2) is 43.5 Å². The molecule has 2 amide bonds. The molecule has 13 heteroatoms. The largest absolute Gasteiger partial charge is 0.477 e. The van der Waals surface area contributed by atoms with Gasteiger partial charge in [0.1, 0.15) is 10.3 Å². The lowest BCUT2D eigenvalue weighted by Crippen LogP contribution is -2.38. The molecule has 0 saturated heterocycles. The molecule has 1 aromatic heterocycles. The zero-order chi connectivity index (χ0) is 17.7. The highest BCUT2D eigenvalue weighted by atomic mass is 35.5. The molecule has 24 heavy (non-hydrogen) atoms. The highest BCUT2D eigenvalue weighted by molar-refractivity contribution is 7.94. The molecule has 0 bridgehead atoms. The Morgan fingerprint density at radius 1 is 1.33 bits per heavy atom. The first-order chi connectivity index (χ1) is 11.3. The van der Waals surface area contributed by atoms with Crippen molar-refractivity contribution in [3.63, 3.8) is 0 Å². The summed E-state index contributed by atoms with van der Waals surface area (Å²) >= 11 is 11.3. The van der Waals surface area contributed by atoms with Gasteiger partial charge in [0, 0.05) is 25.2 Å². The van der Waals surface area contributed by atoms with Gasteiger partial charge < -0.3 is 10.5 Å². The summed E-state index contributed by atoms with van der Waals surface area (Å²) in [6.45, 7) is 0.690. The monoisotopic (exact) mass is 394 g/mol. The number of nitrogens with two attached hydrogens (primary N) is 1. The van der Waals surface area contributed by atoms with E-state index in [-0.39, 0.29) is 22.2 Å². The maximum absolute atomic E-state index is 12.2. The van der Waals surface area contributed by atoms with Crippen LogP contribution in [0.4, 0.5) is 10.7 Å². The molecule has 0 saturated carbocycles. The number of nitrogens with one attached hydrogen (secondary N) is 2. The first kappa shape index (κ1) is 18.2. The van der Waals surface area contributed by atoms with Gasteiger partial charge in [-0.3, -0.25) is 10.3 Å². The summed E-state index contributed by atoms with van der Waals surface area (Å²) in [6, 6.07) is 0.112. The van der Waals surface area contributed by atoms with Crippen LogP contribution >= 0.6 is 23.2 Å². The van der Waals surface area contributed by atoms with Gasteiger partial charge in [-0.15, -0.1) is 0 Å². The lowest BCUT2D eigenvalue weighted by molar-refractivity contribution is 0.256. The van der Waals surface area contributed by atoms with Crippen molar-refractivity contribution in [1.29, 1.82) is 0 Å². The molecule has 4 N–H and O–H groups in total. The van der Waals surface area contributed by atoms with Crippen molar-refractivity contribution >= 4 is 51.1 Å². The predicted molar refractivity (Wildman–Crippen MR) is 88.3 cm³/mol. The number of rotatable bonds is 4. The van der Waals surface area contributed by atoms with Gasteiger partial charge in [0.25, 0.3) is 10.0 Å². The number of amides is 2. The number of urea groups is 1. The van der Waals surface area contributed by atoms with E-state index in [2.05, 4.69) is 20.3 Å². The molecule has 0 unspecified atom stereocenters. The Morgan fingerprint density at radius 3 is 2.54 bits per heavy atom. The number of nitrogens with zero attached hydrogens (tertiary/aromatic N) is 3. The van der Waals surface area contributed by atoms with Crippen LogP contribution < -0.4 is 15.8 Å². The Balaban J connectivity index is 2.12. The number of carbonyl (C=O) groups is 1. The Hall–Kier alpha value is -2.11. The smallest absolute Gasteiger partial charge is 0.335 e. The third kappa shape index (κ3) is 4.69. The Bertz CT molecular complexity index is 790. The highest BCUT2D eigenvalue weighted by Crippen LogP contribution is 2.15. The summed E-state index contributed by atoms with van der Waals surface area (Å²) in [6.07, 6.45) is 1.44. The van der Waals surface area contributed by atoms with Crippen molar-refractivity contribution in [1.82, 2.24) is 14.7 Å². The lowest BCUT2D eigenvalue weighted by atomic mass is 10.4. The molecule has 0 atom stereocenters. The van der Waals surface area contributed by atoms with Crippen LogP contribution in [0.25, 0.3) is 0 Å². The van der Waals surface area contributed by atoms with E-state index in [4.69, 9.17) is 33.7 Å². The number of halogens is 2. The molecule has 1 aromatic rings. The van der Waals surface area contributed by atoms with Crippen molar-refractivity contribution in [3.8, 4) is 0 Å². The van der Waals surface area contributed by atoms with E-state index in [9.17, 15) is 13.2 Å². The molecule has 0 aliphatic carbocycles. The summed E-state index contributed by atoms with van der Waals surface area (Å²) in [5, 5.41) is 2.04. The van der Waals surface area contributed by atoms with Crippen LogP contribution in [0.15, 0.2) is 22.2 Å². The Morgan fingerprint density at radius 2 is 2.00 bits per heavy atom. The number of sulfonamides is 1. The van der Waals surface area contributed by atoms with Gasteiger partial charge in [-0.25, -0.2) is 27.9 Å². The van der Waals surface area contributed by atoms with E-state index >= 15 is 0 Å². The summed E-state index contributed by atoms with van der Waals surface area (Å²) in [5.41, 5.74) is 5.32. The van der Waals surface area contributed by atoms with Gasteiger partial charge in [-0.1, -0.05) is 23.2 Å². The normalized spacial score (nSPS) is 15.2. The Kier molecular flexibility index (Phi) is 5.80. The maximum atomic E-state index is 12.2. The molecule has 0 aromatic carbocycles. The van der Waals surface area contributed by atoms with Crippen LogP contribution in [0.3, 0.4) is 0 Å². The number of carbonyl (C=O) groups excluding carboxylic acids is 1. The third-order valence-electron chi connectivity index (χ3n) is 2.56. The molecular formula is C11H12Cl2N6O4S. The number of hydrogen-bond acceptors (Lipinski definition) is 8. The number of ether oxygens (including phenoxy) is 1. The molecular weight excluding hydrogens is 383 g/mol. The summed E-state index contributed by atoms with van der Waals surface area (Å²) < 4.78 is 31.3. The minimum Gasteiger partial charge on any atom is -0.477 e. The van der Waals surface area contributed by atoms with Crippen molar-refractivity contribution in [2.45, 2.75) is 6.42 Å². The fourth-order valence-electron chi connectivity index (χ4n) is 1.63. The SMILES string of the molecule is NC=C(C1=NCCCO1)S(=O)(=O)NC(=O)Nc1nc(Cl)cc(Cl)n1. The van der Waals surface area contributed by atoms with Gasteiger partial charge in [0.15, 0.2) is 4.91 Å². The number of aliphatic imine (C=N–C) groups is 1. The van der Waals surface area contributed by atoms with Gasteiger partial charge in [-0.2, -0.15) is 0 Å². The van der Waals surface area contributed by atoms with Gasteiger partial charge in [-0.05, 0) is 0 Å². The molecule has 0 spiro atoms. The standard InChI is InChI=1S/C11H12Cl2N6O4S/c12-7-4-8(13)17-10(16-7)18-11(20)19-24(21,22)6(5-14)9-15-2-1-3-23-9/h4-5H,1-3,14H2,(H2,16,17,18,19,20). The molecule has 0 fully saturated rings. The van der Waals surface area contributed by atoms with E-state index < -0.39 is 21.0 Å². The zero-order valence-electron chi connectivity index (χ0n) is 12.0. The zero-order valence-corrected chi connectivity index (χ0v) is 14.3. The topological polar surface area (TPSA) is 149 Å². The predicted octanol–water partition coefficient (Wildman–Crippen LogP) is 0.854. The molecule has 130 valence electrons. The lowest BCUT2D eigenvalue weighted by Gasteiger charge is -2.16. The van der Waals surface area contributed by atoms with Gasteiger partial charge in [0.05, 0.1) is 6.61 Å². The third-order valence-corrected chi connectivity index (χ3v) is 4.30. The summed E-state index contributed by atoms with van der Waals surface area (Å²) in [4.78, 5) is 22.6. The second-order valence-electron chi connectivity index (χ2n) is 4.32. The molecule has 1 aliphatic rings. The van der Waals surface area contributed by atoms with Gasteiger partial charge >= 0.3 is 6.03 Å². The first-order valence-electron chi connectivity index (χ1n) is 6.45. The van der Waals surface area contributed by atoms with Crippen molar-refractivity contribution < 1.29 is 17.9 Å². The van der Waals surface area contributed by atoms with Crippen LogP contribution in [0, 0.1) is 0 Å². The second kappa shape index (κ2) is 7.64. The summed E-state index contributed by atoms with van der Waals surface area (Å²) in [7, 11) is -4.31. The molecule has 0 radical (unpaired) electrons. The molecule has 1 aliphatic heterocycles. The van der Waals surface area contributed by atoms with Crippen molar-refractivity contribution in [2.75, 3.05) is 18.5 Å². The second-order valence-corrected chi connectivity index (χ2v) is 6.74. The molecule has 2 rings (SSSR count). The summed E-state index contributed by atoms with van der Waals surface area (Å²) in [5.74, 6) is -0.434. The van der Waals surface area contributed by atoms with E-state index in [0.717, 1.165) is 6.20 Å². The van der Waals surface area contributed by atoms with Crippen molar-refractivity contribution in [3.05, 3.63) is 27.5 Å². The first-order valence-corrected chi connectivity index (χ1v) is 8.69. The number of hydrogen-bond donors (Lipinski definition) is 3. The van der Waals surface area contributed by atoms with E-state index in [1.165, 1.54) is 6.07 Å². The van der Waals surface area contributed by atoms with Gasteiger partial charge in [0.2, 0.25) is 11.8 Å². The van der Waals surface area contributed by atoms with Crippen LogP contribution in [0.2, 0.25) is 10.3 Å². The van der Waals surface area contributed by atoms with Crippen LogP contribution in [0.1, 0.15) is 6.42 Å². The maximum Gasteiger partial charge on any atom is 0.335 e. The minimum atomic E-state index is -4.31. The molecule has 2 heterocycles. The fraction of sp³-hybridized carbons (Fsp3) is 0.273. The van der Waals surface area contributed by atoms with E-state index in [1.807, 2.05) is 0 Å². The van der Waals surface area contributed by atoms with E-state index in [1.54, 1.807) is 4.72 Å². The fourth-order valence-corrected chi connectivity index (χ4v) is 2.99.